The third-order valence-electron chi connectivity index (χ3n) is 2.51. The zero-order valence-electron chi connectivity index (χ0n) is 9.81. The van der Waals surface area contributed by atoms with Gasteiger partial charge in [0.15, 0.2) is 5.03 Å². The van der Waals surface area contributed by atoms with Crippen molar-refractivity contribution in [2.24, 2.45) is 0 Å². The number of hydrogen-bond donors (Lipinski definition) is 3. The van der Waals surface area contributed by atoms with Crippen LogP contribution in [0.1, 0.15) is 26.1 Å². The number of nitrogens with zero attached hydrogens (tertiary/aromatic N) is 1. The van der Waals surface area contributed by atoms with Crippen LogP contribution in [0.2, 0.25) is 0 Å². The molecule has 1 atom stereocenters. The zero-order chi connectivity index (χ0) is 13.3. The summed E-state index contributed by atoms with van der Waals surface area (Å²) >= 11 is 0. The predicted octanol–water partition coefficient (Wildman–Crippen LogP) is 0.250. The molecule has 0 aliphatic carbocycles. The van der Waals surface area contributed by atoms with Crippen molar-refractivity contribution in [1.29, 1.82) is 0 Å². The molecule has 17 heavy (non-hydrogen) atoms. The Kier molecular flexibility index (Phi) is 3.58. The van der Waals surface area contributed by atoms with E-state index < -0.39 is 21.5 Å². The van der Waals surface area contributed by atoms with Crippen molar-refractivity contribution in [3.8, 4) is 0 Å². The van der Waals surface area contributed by atoms with Gasteiger partial charge in [-0.05, 0) is 20.3 Å². The van der Waals surface area contributed by atoms with Crippen molar-refractivity contribution in [3.63, 3.8) is 0 Å². The first-order valence-electron chi connectivity index (χ1n) is 5.00. The van der Waals surface area contributed by atoms with Crippen LogP contribution in [-0.2, 0) is 14.8 Å². The number of H-pyrrole nitrogens is 1. The number of aryl methyl sites for hydroxylation is 1. The number of carbonyl (C=O) groups is 1. The normalized spacial score (nSPS) is 15.5. The van der Waals surface area contributed by atoms with Gasteiger partial charge in [-0.2, -0.15) is 4.72 Å². The highest BCUT2D eigenvalue weighted by Gasteiger charge is 2.36. The first-order chi connectivity index (χ1) is 7.71. The molecule has 0 fully saturated rings. The average Bonchev–Trinajstić information content (AvgIpc) is 2.64. The molecular weight excluding hydrogens is 246 g/mol. The van der Waals surface area contributed by atoms with Crippen LogP contribution in [0.5, 0.6) is 0 Å². The molecule has 0 spiro atoms. The van der Waals surface area contributed by atoms with Crippen molar-refractivity contribution in [3.05, 3.63) is 12.0 Å². The van der Waals surface area contributed by atoms with Crippen LogP contribution in [0.3, 0.4) is 0 Å². The van der Waals surface area contributed by atoms with E-state index in [1.54, 1.807) is 13.8 Å². The maximum Gasteiger partial charge on any atom is 0.324 e. The Morgan fingerprint density at radius 2 is 2.24 bits per heavy atom. The Bertz CT molecular complexity index is 522. The predicted molar refractivity (Wildman–Crippen MR) is 60.0 cm³/mol. The van der Waals surface area contributed by atoms with Crippen LogP contribution in [0, 0.1) is 6.92 Å². The summed E-state index contributed by atoms with van der Waals surface area (Å²) in [6.07, 6.45) is 1.28. The van der Waals surface area contributed by atoms with Gasteiger partial charge >= 0.3 is 5.97 Å². The molecule has 3 N–H and O–H groups in total. The minimum atomic E-state index is -3.90. The first kappa shape index (κ1) is 13.7. The Morgan fingerprint density at radius 3 is 2.59 bits per heavy atom. The maximum absolute atomic E-state index is 11.9. The third kappa shape index (κ3) is 2.83. The second kappa shape index (κ2) is 4.46. The fourth-order valence-electron chi connectivity index (χ4n) is 1.15. The quantitative estimate of drug-likeness (QED) is 0.703. The minimum Gasteiger partial charge on any atom is -0.480 e. The number of aliphatic carboxylic acids is 1. The van der Waals surface area contributed by atoms with E-state index in [0.717, 1.165) is 6.20 Å². The van der Waals surface area contributed by atoms with E-state index in [2.05, 4.69) is 14.7 Å². The van der Waals surface area contributed by atoms with Gasteiger partial charge in [0.05, 0.1) is 6.20 Å². The van der Waals surface area contributed by atoms with E-state index in [-0.39, 0.29) is 11.4 Å². The van der Waals surface area contributed by atoms with Crippen LogP contribution >= 0.6 is 0 Å². The van der Waals surface area contributed by atoms with Crippen LogP contribution < -0.4 is 4.72 Å². The van der Waals surface area contributed by atoms with Crippen LogP contribution in [-0.4, -0.2) is 35.0 Å². The number of sulfonamides is 1. The lowest BCUT2D eigenvalue weighted by Crippen LogP contribution is -2.51. The molecule has 0 aromatic carbocycles. The highest BCUT2D eigenvalue weighted by molar-refractivity contribution is 7.89. The molecule has 7 nitrogen and oxygen atoms in total. The van der Waals surface area contributed by atoms with E-state index in [1.165, 1.54) is 6.92 Å². The Morgan fingerprint density at radius 1 is 1.65 bits per heavy atom. The van der Waals surface area contributed by atoms with Crippen molar-refractivity contribution in [1.82, 2.24) is 14.7 Å². The van der Waals surface area contributed by atoms with Crippen molar-refractivity contribution < 1.29 is 18.3 Å². The largest absolute Gasteiger partial charge is 0.480 e. The fraction of sp³-hybridized carbons (Fsp3) is 0.556. The molecule has 1 aromatic heterocycles. The topological polar surface area (TPSA) is 112 Å². The third-order valence-corrected chi connectivity index (χ3v) is 4.01. The van der Waals surface area contributed by atoms with Gasteiger partial charge < -0.3 is 10.1 Å². The lowest BCUT2D eigenvalue weighted by molar-refractivity contribution is -0.143. The van der Waals surface area contributed by atoms with Crippen molar-refractivity contribution in [2.45, 2.75) is 37.8 Å². The summed E-state index contributed by atoms with van der Waals surface area (Å²) in [6, 6.07) is 0. The highest BCUT2D eigenvalue weighted by atomic mass is 32.2. The number of imidazole rings is 1. The summed E-state index contributed by atoms with van der Waals surface area (Å²) in [5.74, 6) is -0.779. The van der Waals surface area contributed by atoms with E-state index in [9.17, 15) is 13.2 Å². The summed E-state index contributed by atoms with van der Waals surface area (Å²) in [5.41, 5.74) is -1.53. The van der Waals surface area contributed by atoms with E-state index in [4.69, 9.17) is 5.11 Å². The van der Waals surface area contributed by atoms with E-state index >= 15 is 0 Å². The smallest absolute Gasteiger partial charge is 0.324 e. The molecule has 0 amide bonds. The van der Waals surface area contributed by atoms with Gasteiger partial charge in [-0.3, -0.25) is 4.79 Å². The number of nitrogens with one attached hydrogen (secondary N) is 2. The van der Waals surface area contributed by atoms with Crippen molar-refractivity contribution >= 4 is 16.0 Å². The monoisotopic (exact) mass is 261 g/mol. The molecule has 1 rings (SSSR count). The summed E-state index contributed by atoms with van der Waals surface area (Å²) in [7, 11) is -3.90. The van der Waals surface area contributed by atoms with Crippen LogP contribution in [0.4, 0.5) is 0 Å². The number of hydrogen-bond acceptors (Lipinski definition) is 4. The molecule has 1 heterocycles. The fourth-order valence-corrected chi connectivity index (χ4v) is 2.56. The van der Waals surface area contributed by atoms with Gasteiger partial charge in [0, 0.05) is 0 Å². The maximum atomic E-state index is 11.9. The van der Waals surface area contributed by atoms with Gasteiger partial charge in [-0.15, -0.1) is 0 Å². The first-order valence-corrected chi connectivity index (χ1v) is 6.48. The highest BCUT2D eigenvalue weighted by Crippen LogP contribution is 2.15. The molecule has 0 saturated heterocycles. The SMILES string of the molecule is CCC(C)(NS(=O)(=O)c1cnc(C)[nH]1)C(=O)O. The molecule has 0 saturated carbocycles. The lowest BCUT2D eigenvalue weighted by Gasteiger charge is -2.23. The molecule has 0 bridgehead atoms. The number of carboxylic acid groups (broad SMARTS) is 1. The average molecular weight is 261 g/mol. The second-order valence-electron chi connectivity index (χ2n) is 3.93. The summed E-state index contributed by atoms with van der Waals surface area (Å²) in [4.78, 5) is 17.3. The Hall–Kier alpha value is -1.41. The standard InChI is InChI=1S/C9H15N3O4S/c1-4-9(3,8(13)14)12-17(15,16)7-5-10-6(2)11-7/h5,12H,4H2,1-3H3,(H,10,11)(H,13,14). The molecule has 1 unspecified atom stereocenters. The molecule has 1 aromatic rings. The summed E-state index contributed by atoms with van der Waals surface area (Å²) in [5, 5.41) is 8.85. The molecule has 96 valence electrons. The number of rotatable bonds is 5. The second-order valence-corrected chi connectivity index (χ2v) is 5.58. The van der Waals surface area contributed by atoms with E-state index in [0.29, 0.717) is 5.82 Å². The Balaban J connectivity index is 3.06. The minimum absolute atomic E-state index is 0.134. The van der Waals surface area contributed by atoms with Gasteiger partial charge in [0.25, 0.3) is 10.0 Å². The van der Waals surface area contributed by atoms with E-state index in [1.807, 2.05) is 0 Å². The lowest BCUT2D eigenvalue weighted by atomic mass is 10.0. The summed E-state index contributed by atoms with van der Waals surface area (Å²) < 4.78 is 25.9. The Labute approximate surface area is 99.3 Å². The van der Waals surface area contributed by atoms with Crippen molar-refractivity contribution in [2.75, 3.05) is 0 Å². The van der Waals surface area contributed by atoms with Gasteiger partial charge in [-0.1, -0.05) is 6.92 Å². The van der Waals surface area contributed by atoms with Crippen LogP contribution in [0.25, 0.3) is 0 Å². The summed E-state index contributed by atoms with van der Waals surface area (Å²) in [6.45, 7) is 4.51. The number of aromatic nitrogens is 2. The number of aromatic amines is 1. The molecule has 0 radical (unpaired) electrons. The molecule has 8 heteroatoms. The molecule has 0 aliphatic heterocycles. The van der Waals surface area contributed by atoms with Gasteiger partial charge in [0.2, 0.25) is 0 Å². The zero-order valence-corrected chi connectivity index (χ0v) is 10.6. The molecular formula is C9H15N3O4S. The molecule has 0 aliphatic rings. The number of carboxylic acids is 1. The van der Waals surface area contributed by atoms with Gasteiger partial charge in [-0.25, -0.2) is 13.4 Å². The van der Waals surface area contributed by atoms with Crippen LogP contribution in [0.15, 0.2) is 11.2 Å². The van der Waals surface area contributed by atoms with Gasteiger partial charge in [0.1, 0.15) is 11.4 Å².